The van der Waals surface area contributed by atoms with Gasteiger partial charge in [0.1, 0.15) is 5.52 Å². The Kier molecular flexibility index (Phi) is 1.95. The molecule has 0 fully saturated rings. The third kappa shape index (κ3) is 1.58. The highest BCUT2D eigenvalue weighted by molar-refractivity contribution is 5.72. The van der Waals surface area contributed by atoms with Crippen LogP contribution < -0.4 is 0 Å². The van der Waals surface area contributed by atoms with Gasteiger partial charge in [0.25, 0.3) is 0 Å². The minimum atomic E-state index is 0.0612. The number of pyridine rings is 1. The lowest BCUT2D eigenvalue weighted by molar-refractivity contribution is 0.570. The Morgan fingerprint density at radius 3 is 2.21 bits per heavy atom. The van der Waals surface area contributed by atoms with Crippen molar-refractivity contribution < 1.29 is 0 Å². The number of hydrogen-bond acceptors (Lipinski definition) is 3. The molecular formula is C11H13N3. The third-order valence-corrected chi connectivity index (χ3v) is 2.12. The zero-order valence-corrected chi connectivity index (χ0v) is 8.65. The van der Waals surface area contributed by atoms with Gasteiger partial charge in [0.2, 0.25) is 0 Å². The lowest BCUT2D eigenvalue weighted by atomic mass is 9.91. The van der Waals surface area contributed by atoms with Gasteiger partial charge >= 0.3 is 0 Å². The van der Waals surface area contributed by atoms with Crippen molar-refractivity contribution in [3.63, 3.8) is 0 Å². The smallest absolute Gasteiger partial charge is 0.107 e. The van der Waals surface area contributed by atoms with Crippen molar-refractivity contribution in [2.75, 3.05) is 0 Å². The van der Waals surface area contributed by atoms with E-state index in [0.29, 0.717) is 0 Å². The summed E-state index contributed by atoms with van der Waals surface area (Å²) in [6.07, 6.45) is 5.17. The second kappa shape index (κ2) is 3.01. The minimum Gasteiger partial charge on any atom is -0.258 e. The van der Waals surface area contributed by atoms with Crippen LogP contribution in [0.5, 0.6) is 0 Å². The van der Waals surface area contributed by atoms with Gasteiger partial charge < -0.3 is 0 Å². The topological polar surface area (TPSA) is 38.7 Å². The van der Waals surface area contributed by atoms with E-state index >= 15 is 0 Å². The molecule has 14 heavy (non-hydrogen) atoms. The van der Waals surface area contributed by atoms with Gasteiger partial charge in [-0.25, -0.2) is 0 Å². The van der Waals surface area contributed by atoms with E-state index < -0.39 is 0 Å². The third-order valence-electron chi connectivity index (χ3n) is 2.12. The molecule has 0 aliphatic carbocycles. The molecule has 0 N–H and O–H groups in total. The highest BCUT2D eigenvalue weighted by Crippen LogP contribution is 2.21. The van der Waals surface area contributed by atoms with Gasteiger partial charge in [-0.2, -0.15) is 0 Å². The van der Waals surface area contributed by atoms with E-state index in [2.05, 4.69) is 35.7 Å². The maximum Gasteiger partial charge on any atom is 0.107 e. The van der Waals surface area contributed by atoms with Gasteiger partial charge in [-0.15, -0.1) is 0 Å². The zero-order valence-electron chi connectivity index (χ0n) is 8.65. The van der Waals surface area contributed by atoms with Gasteiger partial charge in [-0.05, 0) is 6.07 Å². The Morgan fingerprint density at radius 2 is 1.57 bits per heavy atom. The summed E-state index contributed by atoms with van der Waals surface area (Å²) in [6.45, 7) is 6.41. The highest BCUT2D eigenvalue weighted by Gasteiger charge is 2.15. The first-order valence-electron chi connectivity index (χ1n) is 4.64. The summed E-state index contributed by atoms with van der Waals surface area (Å²) in [5.74, 6) is 0. The molecule has 0 radical (unpaired) electrons. The first kappa shape index (κ1) is 9.06. The van der Waals surface area contributed by atoms with Crippen LogP contribution in [0.2, 0.25) is 0 Å². The lowest BCUT2D eigenvalue weighted by Crippen LogP contribution is -2.13. The van der Waals surface area contributed by atoms with Gasteiger partial charge in [-0.1, -0.05) is 20.8 Å². The summed E-state index contributed by atoms with van der Waals surface area (Å²) < 4.78 is 0. The molecule has 2 aromatic heterocycles. The van der Waals surface area contributed by atoms with Crippen molar-refractivity contribution in [2.24, 2.45) is 0 Å². The van der Waals surface area contributed by atoms with Crippen molar-refractivity contribution in [2.45, 2.75) is 26.2 Å². The molecule has 0 bridgehead atoms. The maximum absolute atomic E-state index is 4.38. The molecule has 0 saturated carbocycles. The summed E-state index contributed by atoms with van der Waals surface area (Å²) in [5, 5.41) is 0. The minimum absolute atomic E-state index is 0.0612. The van der Waals surface area contributed by atoms with Crippen molar-refractivity contribution >= 4 is 11.0 Å². The largest absolute Gasteiger partial charge is 0.258 e. The molecule has 0 aromatic carbocycles. The fourth-order valence-corrected chi connectivity index (χ4v) is 1.28. The summed E-state index contributed by atoms with van der Waals surface area (Å²) in [6, 6.07) is 2.00. The molecule has 0 saturated heterocycles. The Morgan fingerprint density at radius 1 is 0.929 bits per heavy atom. The average Bonchev–Trinajstić information content (AvgIpc) is 2.16. The van der Waals surface area contributed by atoms with Crippen LogP contribution in [0, 0.1) is 0 Å². The summed E-state index contributed by atoms with van der Waals surface area (Å²) in [4.78, 5) is 12.8. The Balaban J connectivity index is 2.63. The van der Waals surface area contributed by atoms with E-state index in [1.165, 1.54) is 0 Å². The zero-order chi connectivity index (χ0) is 10.2. The van der Waals surface area contributed by atoms with Crippen LogP contribution in [-0.4, -0.2) is 15.0 Å². The molecule has 3 nitrogen and oxygen atoms in total. The Bertz CT molecular complexity index is 457. The second-order valence-corrected chi connectivity index (χ2v) is 4.36. The van der Waals surface area contributed by atoms with Crippen LogP contribution in [0.3, 0.4) is 0 Å². The Hall–Kier alpha value is -1.51. The molecule has 0 aliphatic heterocycles. The molecule has 0 atom stereocenters. The number of hydrogen-bond donors (Lipinski definition) is 0. The first-order chi connectivity index (χ1) is 6.57. The number of nitrogens with zero attached hydrogens (tertiary/aromatic N) is 3. The van der Waals surface area contributed by atoms with Gasteiger partial charge in [0.15, 0.2) is 0 Å². The molecular weight excluding hydrogens is 174 g/mol. The van der Waals surface area contributed by atoms with E-state index in [9.17, 15) is 0 Å². The average molecular weight is 187 g/mol. The fourth-order valence-electron chi connectivity index (χ4n) is 1.28. The maximum atomic E-state index is 4.38. The van der Waals surface area contributed by atoms with Crippen LogP contribution >= 0.6 is 0 Å². The van der Waals surface area contributed by atoms with E-state index in [4.69, 9.17) is 0 Å². The monoisotopic (exact) mass is 187 g/mol. The van der Waals surface area contributed by atoms with Gasteiger partial charge in [0.05, 0.1) is 11.7 Å². The second-order valence-electron chi connectivity index (χ2n) is 4.36. The number of aromatic nitrogens is 3. The standard InChI is InChI=1S/C11H13N3/c1-11(2,3)10-6-8-9(7-14-10)13-5-4-12-8/h4-7H,1-3H3. The predicted molar refractivity (Wildman–Crippen MR) is 56.0 cm³/mol. The van der Waals surface area contributed by atoms with E-state index in [1.807, 2.05) is 6.07 Å². The van der Waals surface area contributed by atoms with Crippen LogP contribution in [0.4, 0.5) is 0 Å². The first-order valence-corrected chi connectivity index (χ1v) is 4.64. The summed E-state index contributed by atoms with van der Waals surface area (Å²) in [5.41, 5.74) is 2.87. The molecule has 2 aromatic rings. The molecule has 0 aliphatic rings. The normalized spacial score (nSPS) is 11.9. The molecule has 2 heterocycles. The van der Waals surface area contributed by atoms with Crippen LogP contribution in [0.1, 0.15) is 26.5 Å². The van der Waals surface area contributed by atoms with E-state index in [1.54, 1.807) is 18.6 Å². The highest BCUT2D eigenvalue weighted by atomic mass is 14.8. The fraction of sp³-hybridized carbons (Fsp3) is 0.364. The SMILES string of the molecule is CC(C)(C)c1cc2nccnc2cn1. The Labute approximate surface area is 83.2 Å². The quantitative estimate of drug-likeness (QED) is 0.635. The molecule has 0 unspecified atom stereocenters. The molecule has 72 valence electrons. The number of fused-ring (bicyclic) bond motifs is 1. The van der Waals surface area contributed by atoms with Crippen molar-refractivity contribution in [3.8, 4) is 0 Å². The molecule has 3 heteroatoms. The van der Waals surface area contributed by atoms with Crippen molar-refractivity contribution in [1.82, 2.24) is 15.0 Å². The van der Waals surface area contributed by atoms with Crippen molar-refractivity contribution in [3.05, 3.63) is 30.4 Å². The number of rotatable bonds is 0. The molecule has 2 rings (SSSR count). The summed E-state index contributed by atoms with van der Waals surface area (Å²) in [7, 11) is 0. The van der Waals surface area contributed by atoms with Crippen LogP contribution in [-0.2, 0) is 5.41 Å². The molecule has 0 amide bonds. The lowest BCUT2D eigenvalue weighted by Gasteiger charge is -2.17. The van der Waals surface area contributed by atoms with E-state index in [-0.39, 0.29) is 5.41 Å². The van der Waals surface area contributed by atoms with Crippen molar-refractivity contribution in [1.29, 1.82) is 0 Å². The van der Waals surface area contributed by atoms with Crippen LogP contribution in [0.15, 0.2) is 24.7 Å². The molecule has 0 spiro atoms. The van der Waals surface area contributed by atoms with Gasteiger partial charge in [0, 0.05) is 23.5 Å². The summed E-state index contributed by atoms with van der Waals surface area (Å²) >= 11 is 0. The van der Waals surface area contributed by atoms with Crippen LogP contribution in [0.25, 0.3) is 11.0 Å². The van der Waals surface area contributed by atoms with Gasteiger partial charge in [-0.3, -0.25) is 15.0 Å². The predicted octanol–water partition coefficient (Wildman–Crippen LogP) is 2.32. The van der Waals surface area contributed by atoms with E-state index in [0.717, 1.165) is 16.7 Å².